The Balaban J connectivity index is 1.58. The van der Waals surface area contributed by atoms with Gasteiger partial charge in [0.05, 0.1) is 31.8 Å². The van der Waals surface area contributed by atoms with Gasteiger partial charge in [0, 0.05) is 22.3 Å². The Morgan fingerprint density at radius 3 is 0.836 bits per heavy atom. The van der Waals surface area contributed by atoms with Crippen LogP contribution in [0.3, 0.4) is 0 Å². The monoisotopic (exact) mass is 801 g/mol. The van der Waals surface area contributed by atoms with E-state index in [0.717, 1.165) is 50.0 Å². The second kappa shape index (κ2) is 17.1. The lowest BCUT2D eigenvalue weighted by Crippen LogP contribution is -2.45. The van der Waals surface area contributed by atoms with Gasteiger partial charge in [0.15, 0.2) is 0 Å². The highest BCUT2D eigenvalue weighted by Crippen LogP contribution is 2.57. The van der Waals surface area contributed by atoms with Crippen LogP contribution in [0.25, 0.3) is 0 Å². The van der Waals surface area contributed by atoms with Gasteiger partial charge in [-0.25, -0.2) is 0 Å². The lowest BCUT2D eigenvalue weighted by atomic mass is 9.71. The van der Waals surface area contributed by atoms with Gasteiger partial charge in [-0.05, 0) is 82.1 Å². The molecular formula is C47H78O6P2. The minimum absolute atomic E-state index is 0.0479. The van der Waals surface area contributed by atoms with E-state index in [1.54, 1.807) is 0 Å². The summed E-state index contributed by atoms with van der Waals surface area (Å²) < 4.78 is 39.8. The molecule has 0 bridgehead atoms. The summed E-state index contributed by atoms with van der Waals surface area (Å²) >= 11 is 0. The van der Waals surface area contributed by atoms with Crippen molar-refractivity contribution in [1.82, 2.24) is 0 Å². The molecule has 2 aromatic carbocycles. The summed E-state index contributed by atoms with van der Waals surface area (Å²) in [6.07, 6.45) is 6.08. The molecule has 0 atom stereocenters. The van der Waals surface area contributed by atoms with E-state index >= 15 is 0 Å². The fourth-order valence-corrected chi connectivity index (χ4v) is 9.32. The topological polar surface area (TPSA) is 55.4 Å². The van der Waals surface area contributed by atoms with Gasteiger partial charge in [-0.1, -0.05) is 149 Å². The van der Waals surface area contributed by atoms with Crippen LogP contribution in [-0.2, 0) is 50.6 Å². The molecule has 312 valence electrons. The maximum absolute atomic E-state index is 6.90. The Labute approximate surface area is 339 Å². The average Bonchev–Trinajstić information content (AvgIpc) is 3.16. The second-order valence-electron chi connectivity index (χ2n) is 20.4. The highest BCUT2D eigenvalue weighted by Gasteiger charge is 2.46. The highest BCUT2D eigenvalue weighted by molar-refractivity contribution is 7.42. The quantitative estimate of drug-likeness (QED) is 0.158. The molecule has 6 nitrogen and oxygen atoms in total. The van der Waals surface area contributed by atoms with Gasteiger partial charge in [-0.15, -0.1) is 0 Å². The van der Waals surface area contributed by atoms with Crippen LogP contribution < -0.4 is 9.05 Å². The molecule has 0 aromatic heterocycles. The number of hydrogen-bond acceptors (Lipinski definition) is 6. The first-order valence-corrected chi connectivity index (χ1v) is 23.4. The number of hydrogen-bond donors (Lipinski definition) is 0. The lowest BCUT2D eigenvalue weighted by Gasteiger charge is -2.42. The van der Waals surface area contributed by atoms with E-state index in [0.29, 0.717) is 26.4 Å². The van der Waals surface area contributed by atoms with Crippen LogP contribution in [0.15, 0.2) is 24.3 Å². The Bertz CT molecular complexity index is 1410. The molecule has 2 fully saturated rings. The highest BCUT2D eigenvalue weighted by atomic mass is 31.2. The Morgan fingerprint density at radius 2 is 0.636 bits per heavy atom. The van der Waals surface area contributed by atoms with Crippen LogP contribution in [-0.4, -0.2) is 26.4 Å². The largest absolute Gasteiger partial charge is 0.426 e. The van der Waals surface area contributed by atoms with Gasteiger partial charge in [-0.3, -0.25) is 0 Å². The summed E-state index contributed by atoms with van der Waals surface area (Å²) in [5.74, 6) is 1.85. The van der Waals surface area contributed by atoms with Gasteiger partial charge in [0.1, 0.15) is 11.5 Å². The fourth-order valence-electron chi connectivity index (χ4n) is 6.75. The average molecular weight is 801 g/mol. The van der Waals surface area contributed by atoms with Crippen molar-refractivity contribution in [3.63, 3.8) is 0 Å². The maximum atomic E-state index is 6.90. The predicted octanol–water partition coefficient (Wildman–Crippen LogP) is 14.8. The van der Waals surface area contributed by atoms with E-state index in [2.05, 4.69) is 149 Å². The van der Waals surface area contributed by atoms with E-state index in [9.17, 15) is 0 Å². The third kappa shape index (κ3) is 9.96. The normalized spacial score (nSPS) is 21.9. The molecular weight excluding hydrogens is 722 g/mol. The third-order valence-corrected chi connectivity index (χ3v) is 16.2. The zero-order valence-electron chi connectivity index (χ0n) is 38.2. The molecule has 4 rings (SSSR count). The van der Waals surface area contributed by atoms with Crippen molar-refractivity contribution >= 4 is 17.2 Å². The molecule has 0 radical (unpaired) electrons. The summed E-state index contributed by atoms with van der Waals surface area (Å²) in [6.45, 7) is 43.3. The van der Waals surface area contributed by atoms with Gasteiger partial charge in [0.25, 0.3) is 0 Å². The van der Waals surface area contributed by atoms with Gasteiger partial charge in [-0.2, -0.15) is 0 Å². The van der Waals surface area contributed by atoms with E-state index in [1.807, 2.05) is 0 Å². The van der Waals surface area contributed by atoms with Crippen LogP contribution in [0, 0.1) is 5.41 Å². The zero-order chi connectivity index (χ0) is 41.4. The number of rotatable bonds is 16. The van der Waals surface area contributed by atoms with Gasteiger partial charge < -0.3 is 27.1 Å². The lowest BCUT2D eigenvalue weighted by molar-refractivity contribution is -0.0674. The molecule has 55 heavy (non-hydrogen) atoms. The summed E-state index contributed by atoms with van der Waals surface area (Å²) in [4.78, 5) is 0. The van der Waals surface area contributed by atoms with Gasteiger partial charge >= 0.3 is 17.2 Å². The molecule has 2 heterocycles. The molecule has 2 aliphatic rings. The first-order chi connectivity index (χ1) is 25.4. The SMILES string of the molecule is CCC(C)(C)c1cc(C(C)(C)CC)c(OP2OCC3(CO2)COP(Oc2c(C(C)(C)CC)cc(C(C)(C)CC)cc2C(C)(C)CC)OC3)c(C(C)(C)CC)c1. The molecule has 2 saturated heterocycles. The van der Waals surface area contributed by atoms with E-state index in [1.165, 1.54) is 33.4 Å². The van der Waals surface area contributed by atoms with Crippen molar-refractivity contribution in [3.05, 3.63) is 57.6 Å². The minimum Gasteiger partial charge on any atom is -0.426 e. The predicted molar refractivity (Wildman–Crippen MR) is 234 cm³/mol. The van der Waals surface area contributed by atoms with E-state index < -0.39 is 22.6 Å². The molecule has 0 N–H and O–H groups in total. The number of benzene rings is 2. The van der Waals surface area contributed by atoms with Crippen molar-refractivity contribution in [2.24, 2.45) is 5.41 Å². The van der Waals surface area contributed by atoms with Gasteiger partial charge in [0.2, 0.25) is 0 Å². The Morgan fingerprint density at radius 1 is 0.418 bits per heavy atom. The van der Waals surface area contributed by atoms with Crippen LogP contribution in [0.5, 0.6) is 11.5 Å². The van der Waals surface area contributed by atoms with Crippen molar-refractivity contribution in [2.75, 3.05) is 26.4 Å². The molecule has 0 amide bonds. The molecule has 0 saturated carbocycles. The van der Waals surface area contributed by atoms with Crippen molar-refractivity contribution < 1.29 is 27.1 Å². The van der Waals surface area contributed by atoms with E-state index in [-0.39, 0.29) is 32.5 Å². The first kappa shape index (κ1) is 46.4. The molecule has 8 heteroatoms. The van der Waals surface area contributed by atoms with Crippen LogP contribution in [0.4, 0.5) is 0 Å². The van der Waals surface area contributed by atoms with Crippen LogP contribution in [0.1, 0.15) is 197 Å². The van der Waals surface area contributed by atoms with Crippen LogP contribution in [0.2, 0.25) is 0 Å². The summed E-state index contributed by atoms with van der Waals surface area (Å²) in [7, 11) is -3.24. The third-order valence-electron chi connectivity index (χ3n) is 14.2. The molecule has 2 aromatic rings. The summed E-state index contributed by atoms with van der Waals surface area (Å²) in [6, 6.07) is 9.56. The molecule has 0 unspecified atom stereocenters. The fraction of sp³-hybridized carbons (Fsp3) is 0.745. The standard InChI is InChI=1S/C47H78O6P2/c1-19-41(7,8)33-25-35(43(11,12)21-3)39(36(26-33)44(13,14)22-4)52-54-48-29-47(30-49-54)31-50-55(51-32-47)53-40-37(45(15,16)23-5)27-34(42(9,10)20-2)28-38(40)46(17,18)24-6/h25-28H,19-24,29-32H2,1-18H3. The van der Waals surface area contributed by atoms with Crippen molar-refractivity contribution in [1.29, 1.82) is 0 Å². The van der Waals surface area contributed by atoms with Crippen LogP contribution >= 0.6 is 17.2 Å². The maximum Gasteiger partial charge on any atom is 0.397 e. The zero-order valence-corrected chi connectivity index (χ0v) is 40.0. The minimum atomic E-state index is -1.62. The second-order valence-corrected chi connectivity index (χ2v) is 22.7. The smallest absolute Gasteiger partial charge is 0.397 e. The van der Waals surface area contributed by atoms with E-state index in [4.69, 9.17) is 27.1 Å². The molecule has 1 spiro atoms. The first-order valence-electron chi connectivity index (χ1n) is 21.2. The molecule has 0 aliphatic carbocycles. The Kier molecular flexibility index (Phi) is 14.5. The van der Waals surface area contributed by atoms with Crippen molar-refractivity contribution in [3.8, 4) is 11.5 Å². The summed E-state index contributed by atoms with van der Waals surface area (Å²) in [5, 5.41) is 0. The Hall–Kier alpha value is -1.26. The summed E-state index contributed by atoms with van der Waals surface area (Å²) in [5.41, 5.74) is 6.96. The van der Waals surface area contributed by atoms with Crippen molar-refractivity contribution in [2.45, 2.75) is 196 Å². The molecule has 2 aliphatic heterocycles.